The van der Waals surface area contributed by atoms with Crippen molar-refractivity contribution in [2.45, 2.75) is 44.2 Å². The van der Waals surface area contributed by atoms with E-state index in [1.165, 1.54) is 24.8 Å². The van der Waals surface area contributed by atoms with Crippen molar-refractivity contribution >= 4 is 17.9 Å². The van der Waals surface area contributed by atoms with Crippen LogP contribution in [0.3, 0.4) is 0 Å². The van der Waals surface area contributed by atoms with Crippen LogP contribution in [0.15, 0.2) is 41.5 Å². The van der Waals surface area contributed by atoms with Gasteiger partial charge in [0, 0.05) is 38.2 Å². The number of ether oxygens (including phenoxy) is 1. The van der Waals surface area contributed by atoms with Crippen LogP contribution in [0.2, 0.25) is 0 Å². The maximum absolute atomic E-state index is 10.6. The van der Waals surface area contributed by atoms with E-state index in [1.807, 2.05) is 24.7 Å². The topological polar surface area (TPSA) is 129 Å². The third-order valence-corrected chi connectivity index (χ3v) is 6.17. The zero-order chi connectivity index (χ0) is 29.3. The lowest BCUT2D eigenvalue weighted by Crippen LogP contribution is -2.41. The Bertz CT molecular complexity index is 1000. The largest absolute Gasteiger partial charge is 0.490 e. The van der Waals surface area contributed by atoms with E-state index < -0.39 is 24.3 Å². The number of likely N-dealkylation sites (tertiary alicyclic amines) is 1. The van der Waals surface area contributed by atoms with Gasteiger partial charge in [-0.05, 0) is 49.9 Å². The number of alkyl halides is 6. The highest BCUT2D eigenvalue weighted by molar-refractivity contribution is 5.73. The minimum atomic E-state index is -5.08. The van der Waals surface area contributed by atoms with E-state index in [1.54, 1.807) is 13.4 Å². The van der Waals surface area contributed by atoms with Crippen LogP contribution < -0.4 is 4.90 Å². The van der Waals surface area contributed by atoms with Crippen molar-refractivity contribution in [1.82, 2.24) is 14.9 Å². The van der Waals surface area contributed by atoms with Gasteiger partial charge in [0.2, 0.25) is 5.95 Å². The molecule has 2 aromatic rings. The predicted octanol–water partition coefficient (Wildman–Crippen LogP) is 3.84. The molecule has 39 heavy (non-hydrogen) atoms. The average molecular weight is 570 g/mol. The summed E-state index contributed by atoms with van der Waals surface area (Å²) in [4.78, 5) is 31.6. The number of carboxylic acids is 2. The number of nitrogens with zero attached hydrogens (tertiary/aromatic N) is 4. The maximum atomic E-state index is 10.6. The molecule has 1 unspecified atom stereocenters. The van der Waals surface area contributed by atoms with Crippen LogP contribution in [0.25, 0.3) is 0 Å². The molecule has 2 fully saturated rings. The van der Waals surface area contributed by atoms with E-state index in [0.717, 1.165) is 38.7 Å². The van der Waals surface area contributed by atoms with Gasteiger partial charge in [-0.25, -0.2) is 19.6 Å². The van der Waals surface area contributed by atoms with Crippen molar-refractivity contribution in [2.24, 2.45) is 5.41 Å². The first-order chi connectivity index (χ1) is 18.2. The average Bonchev–Trinajstić information content (AvgIpc) is 3.49. The molecule has 1 atom stereocenters. The molecule has 4 rings (SSSR count). The molecule has 1 spiro atoms. The molecule has 4 heterocycles. The van der Waals surface area contributed by atoms with E-state index in [4.69, 9.17) is 29.0 Å². The van der Waals surface area contributed by atoms with Gasteiger partial charge in [0.15, 0.2) is 0 Å². The quantitative estimate of drug-likeness (QED) is 0.512. The number of methoxy groups -OCH3 is 1. The summed E-state index contributed by atoms with van der Waals surface area (Å²) >= 11 is 0. The number of hydrogen-bond donors (Lipinski definition) is 2. The molecule has 2 aliphatic heterocycles. The highest BCUT2D eigenvalue weighted by Crippen LogP contribution is 2.44. The summed E-state index contributed by atoms with van der Waals surface area (Å²) in [6.07, 6.45) is 0.685. The molecule has 218 valence electrons. The SMILES string of the molecule is COCC1CC2(CCN(Cc3ccoc3)CC2)CN1c1ncccn1.O=C(O)C(F)(F)F.O=C(O)C(F)(F)F. The molecule has 0 amide bonds. The van der Waals surface area contributed by atoms with Gasteiger partial charge in [-0.2, -0.15) is 26.3 Å². The third kappa shape index (κ3) is 10.0. The fourth-order valence-electron chi connectivity index (χ4n) is 4.37. The number of piperidine rings is 1. The Balaban J connectivity index is 0.000000317. The fourth-order valence-corrected chi connectivity index (χ4v) is 4.37. The molecular weight excluding hydrogens is 542 g/mol. The summed E-state index contributed by atoms with van der Waals surface area (Å²) in [6, 6.07) is 4.30. The first-order valence-corrected chi connectivity index (χ1v) is 11.5. The van der Waals surface area contributed by atoms with Crippen LogP contribution in [0, 0.1) is 5.41 Å². The number of carboxylic acid groups (broad SMARTS) is 2. The highest BCUT2D eigenvalue weighted by Gasteiger charge is 2.46. The minimum Gasteiger partial charge on any atom is -0.475 e. The van der Waals surface area contributed by atoms with E-state index in [9.17, 15) is 26.3 Å². The number of carbonyl (C=O) groups is 2. The number of halogens is 6. The van der Waals surface area contributed by atoms with Gasteiger partial charge in [0.1, 0.15) is 0 Å². The van der Waals surface area contributed by atoms with Crippen LogP contribution >= 0.6 is 0 Å². The molecule has 2 N–H and O–H groups in total. The van der Waals surface area contributed by atoms with Gasteiger partial charge in [0.25, 0.3) is 0 Å². The van der Waals surface area contributed by atoms with E-state index in [-0.39, 0.29) is 0 Å². The van der Waals surface area contributed by atoms with Gasteiger partial charge in [-0.1, -0.05) is 0 Å². The zero-order valence-corrected chi connectivity index (χ0v) is 20.8. The van der Waals surface area contributed by atoms with Crippen LogP contribution in [0.1, 0.15) is 24.8 Å². The normalized spacial score (nSPS) is 19.1. The second kappa shape index (κ2) is 13.6. The van der Waals surface area contributed by atoms with Crippen molar-refractivity contribution in [2.75, 3.05) is 38.3 Å². The first kappa shape index (κ1) is 31.8. The number of hydrogen-bond acceptors (Lipinski definition) is 8. The Morgan fingerprint density at radius 3 is 2.05 bits per heavy atom. The number of furan rings is 1. The summed E-state index contributed by atoms with van der Waals surface area (Å²) in [6.45, 7) is 5.02. The standard InChI is InChI=1S/C19H26N4O2.2C2HF3O2/c1-24-14-17-11-19(15-23(17)18-20-6-2-7-21-18)4-8-22(9-5-19)12-16-3-10-25-13-16;2*3-2(4,5)1(6)7/h2-3,6-7,10,13,17H,4-5,8-9,11-12,14-15H2,1H3;2*(H,6,7). The lowest BCUT2D eigenvalue weighted by molar-refractivity contribution is -0.193. The molecule has 2 aromatic heterocycles. The molecule has 0 aliphatic carbocycles. The minimum absolute atomic E-state index is 0.356. The van der Waals surface area contributed by atoms with Crippen molar-refractivity contribution in [1.29, 1.82) is 0 Å². The lowest BCUT2D eigenvalue weighted by Gasteiger charge is -2.39. The van der Waals surface area contributed by atoms with Gasteiger partial charge in [-0.3, -0.25) is 4.90 Å². The monoisotopic (exact) mass is 570 g/mol. The summed E-state index contributed by atoms with van der Waals surface area (Å²) < 4.78 is 74.1. The Kier molecular flexibility index (Phi) is 11.1. The first-order valence-electron chi connectivity index (χ1n) is 11.5. The van der Waals surface area contributed by atoms with Crippen LogP contribution in [-0.2, 0) is 20.9 Å². The van der Waals surface area contributed by atoms with Gasteiger partial charge >= 0.3 is 24.3 Å². The lowest BCUT2D eigenvalue weighted by atomic mass is 9.76. The van der Waals surface area contributed by atoms with Crippen molar-refractivity contribution in [3.05, 3.63) is 42.6 Å². The number of rotatable bonds is 5. The van der Waals surface area contributed by atoms with Crippen LogP contribution in [-0.4, -0.2) is 88.8 Å². The Labute approximate surface area is 219 Å². The molecule has 0 aromatic carbocycles. The van der Waals surface area contributed by atoms with Gasteiger partial charge in [0.05, 0.1) is 25.2 Å². The Morgan fingerprint density at radius 2 is 1.62 bits per heavy atom. The predicted molar refractivity (Wildman–Crippen MR) is 123 cm³/mol. The molecule has 16 heteroatoms. The third-order valence-electron chi connectivity index (χ3n) is 6.17. The number of anilines is 1. The second-order valence-corrected chi connectivity index (χ2v) is 9.00. The number of aromatic nitrogens is 2. The van der Waals surface area contributed by atoms with Crippen molar-refractivity contribution in [3.63, 3.8) is 0 Å². The van der Waals surface area contributed by atoms with E-state index >= 15 is 0 Å². The highest BCUT2D eigenvalue weighted by atomic mass is 19.4. The van der Waals surface area contributed by atoms with Crippen LogP contribution in [0.5, 0.6) is 0 Å². The summed E-state index contributed by atoms with van der Waals surface area (Å²) in [5.74, 6) is -4.68. The maximum Gasteiger partial charge on any atom is 0.490 e. The Morgan fingerprint density at radius 1 is 1.08 bits per heavy atom. The molecule has 2 aliphatic rings. The molecule has 2 saturated heterocycles. The molecule has 0 radical (unpaired) electrons. The molecule has 0 saturated carbocycles. The van der Waals surface area contributed by atoms with Gasteiger partial charge < -0.3 is 24.3 Å². The summed E-state index contributed by atoms with van der Waals surface area (Å²) in [7, 11) is 1.78. The van der Waals surface area contributed by atoms with Crippen LogP contribution in [0.4, 0.5) is 32.3 Å². The Hall–Kier alpha value is -3.40. The number of aliphatic carboxylic acids is 2. The van der Waals surface area contributed by atoms with Gasteiger partial charge in [-0.15, -0.1) is 0 Å². The van der Waals surface area contributed by atoms with E-state index in [0.29, 0.717) is 11.5 Å². The summed E-state index contributed by atoms with van der Waals surface area (Å²) in [5.41, 5.74) is 1.62. The smallest absolute Gasteiger partial charge is 0.475 e. The molecule has 10 nitrogen and oxygen atoms in total. The van der Waals surface area contributed by atoms with Crippen molar-refractivity contribution < 1.29 is 55.3 Å². The zero-order valence-electron chi connectivity index (χ0n) is 20.8. The molecular formula is C23H28F6N4O6. The summed E-state index contributed by atoms with van der Waals surface area (Å²) in [5, 5.41) is 14.2. The van der Waals surface area contributed by atoms with E-state index in [2.05, 4.69) is 25.8 Å². The van der Waals surface area contributed by atoms with Crippen molar-refractivity contribution in [3.8, 4) is 0 Å². The fraction of sp³-hybridized carbons (Fsp3) is 0.565. The second-order valence-electron chi connectivity index (χ2n) is 9.00. The molecule has 0 bridgehead atoms.